The first-order valence-electron chi connectivity index (χ1n) is 9.46. The van der Waals surface area contributed by atoms with Crippen molar-refractivity contribution >= 4 is 44.7 Å². The Morgan fingerprint density at radius 3 is 2.58 bits per heavy atom. The highest BCUT2D eigenvalue weighted by atomic mass is 79.9. The summed E-state index contributed by atoms with van der Waals surface area (Å²) >= 11 is 9.00. The lowest BCUT2D eigenvalue weighted by Crippen LogP contribution is -2.26. The molecular formula is C21H20BrF3N2O3S. The predicted molar refractivity (Wildman–Crippen MR) is 119 cm³/mol. The van der Waals surface area contributed by atoms with Crippen molar-refractivity contribution in [2.24, 2.45) is 0 Å². The normalized spacial score (nSPS) is 13.8. The lowest BCUT2D eigenvalue weighted by Gasteiger charge is -2.20. The molecule has 2 aromatic carbocycles. The van der Waals surface area contributed by atoms with Crippen molar-refractivity contribution in [2.75, 3.05) is 32.1 Å². The number of hydrogen-bond acceptors (Lipinski definition) is 4. The zero-order valence-electron chi connectivity index (χ0n) is 16.6. The van der Waals surface area contributed by atoms with Gasteiger partial charge in [-0.3, -0.25) is 4.79 Å². The average Bonchev–Trinajstić information content (AvgIpc) is 3.26. The molecule has 1 fully saturated rings. The third-order valence-electron chi connectivity index (χ3n) is 4.69. The fraction of sp³-hybridized carbons (Fsp3) is 0.333. The van der Waals surface area contributed by atoms with E-state index in [9.17, 15) is 18.0 Å². The van der Waals surface area contributed by atoms with E-state index in [0.717, 1.165) is 43.6 Å². The fourth-order valence-corrected chi connectivity index (χ4v) is 4.05. The number of likely N-dealkylation sites (tertiary alicyclic amines) is 1. The number of hydrogen-bond donors (Lipinski definition) is 1. The van der Waals surface area contributed by atoms with E-state index in [-0.39, 0.29) is 5.69 Å². The molecule has 0 aromatic heterocycles. The number of anilines is 1. The Kier molecular flexibility index (Phi) is 7.42. The summed E-state index contributed by atoms with van der Waals surface area (Å²) in [7, 11) is 1.47. The van der Waals surface area contributed by atoms with Gasteiger partial charge in [0.2, 0.25) is 0 Å². The van der Waals surface area contributed by atoms with Gasteiger partial charge in [-0.15, -0.1) is 0 Å². The van der Waals surface area contributed by atoms with Crippen LogP contribution in [0.25, 0.3) is 0 Å². The molecular weight excluding hydrogens is 497 g/mol. The number of thiocarbonyl (C=S) groups is 1. The maximum atomic E-state index is 12.8. The number of carbonyl (C=O) groups excluding carboxylic acids is 1. The van der Waals surface area contributed by atoms with Crippen LogP contribution < -0.4 is 14.8 Å². The van der Waals surface area contributed by atoms with Crippen LogP contribution in [0.4, 0.5) is 18.9 Å². The summed E-state index contributed by atoms with van der Waals surface area (Å²) in [5, 5.41) is 2.40. The molecule has 0 unspecified atom stereocenters. The van der Waals surface area contributed by atoms with Crippen LogP contribution >= 0.6 is 28.1 Å². The Morgan fingerprint density at radius 2 is 1.94 bits per heavy atom. The van der Waals surface area contributed by atoms with E-state index in [1.54, 1.807) is 12.1 Å². The first-order valence-corrected chi connectivity index (χ1v) is 10.7. The van der Waals surface area contributed by atoms with Gasteiger partial charge in [0.05, 0.1) is 17.1 Å². The quantitative estimate of drug-likeness (QED) is 0.530. The fourth-order valence-electron chi connectivity index (χ4n) is 3.19. The van der Waals surface area contributed by atoms with E-state index >= 15 is 0 Å². The van der Waals surface area contributed by atoms with Gasteiger partial charge in [0, 0.05) is 24.3 Å². The maximum absolute atomic E-state index is 12.8. The Labute approximate surface area is 191 Å². The number of nitrogens with zero attached hydrogens (tertiary/aromatic N) is 1. The Balaban J connectivity index is 1.68. The first-order chi connectivity index (χ1) is 14.7. The molecule has 0 spiro atoms. The molecule has 0 bridgehead atoms. The van der Waals surface area contributed by atoms with Crippen LogP contribution in [0.2, 0.25) is 0 Å². The molecule has 0 aliphatic carbocycles. The average molecular weight is 517 g/mol. The zero-order valence-corrected chi connectivity index (χ0v) is 19.0. The Hall–Kier alpha value is -2.33. The van der Waals surface area contributed by atoms with Gasteiger partial charge in [0.15, 0.2) is 18.1 Å². The second-order valence-electron chi connectivity index (χ2n) is 6.90. The van der Waals surface area contributed by atoms with E-state index in [0.29, 0.717) is 21.0 Å². The molecule has 1 heterocycles. The molecule has 2 aromatic rings. The van der Waals surface area contributed by atoms with Gasteiger partial charge in [0.1, 0.15) is 4.99 Å². The largest absolute Gasteiger partial charge is 0.493 e. The summed E-state index contributed by atoms with van der Waals surface area (Å²) in [6, 6.07) is 7.93. The third-order valence-corrected chi connectivity index (χ3v) is 5.77. The molecule has 1 aliphatic heterocycles. The molecule has 1 aliphatic rings. The van der Waals surface area contributed by atoms with Crippen molar-refractivity contribution in [3.05, 3.63) is 52.0 Å². The minimum atomic E-state index is -4.49. The third kappa shape index (κ3) is 5.88. The molecule has 3 rings (SSSR count). The van der Waals surface area contributed by atoms with Gasteiger partial charge < -0.3 is 19.7 Å². The number of alkyl halides is 3. The van der Waals surface area contributed by atoms with Crippen molar-refractivity contribution in [2.45, 2.75) is 19.0 Å². The number of amides is 1. The summed E-state index contributed by atoms with van der Waals surface area (Å²) in [5.74, 6) is 0.0809. The van der Waals surface area contributed by atoms with Crippen molar-refractivity contribution in [1.29, 1.82) is 0 Å². The van der Waals surface area contributed by atoms with Gasteiger partial charge in [-0.1, -0.05) is 18.3 Å². The second kappa shape index (κ2) is 9.86. The Morgan fingerprint density at radius 1 is 1.23 bits per heavy atom. The Bertz CT molecular complexity index is 979. The van der Waals surface area contributed by atoms with Crippen LogP contribution in [0.15, 0.2) is 40.9 Å². The molecule has 1 N–H and O–H groups in total. The van der Waals surface area contributed by atoms with Crippen molar-refractivity contribution in [3.8, 4) is 11.5 Å². The molecule has 10 heteroatoms. The zero-order chi connectivity index (χ0) is 22.6. The number of rotatable bonds is 6. The molecule has 1 amide bonds. The van der Waals surface area contributed by atoms with E-state index in [4.69, 9.17) is 21.7 Å². The van der Waals surface area contributed by atoms with Crippen LogP contribution in [0.3, 0.4) is 0 Å². The number of nitrogens with one attached hydrogen (secondary N) is 1. The summed E-state index contributed by atoms with van der Waals surface area (Å²) in [6.45, 7) is 1.40. The van der Waals surface area contributed by atoms with Crippen LogP contribution in [0.5, 0.6) is 11.5 Å². The topological polar surface area (TPSA) is 50.8 Å². The monoisotopic (exact) mass is 516 g/mol. The van der Waals surface area contributed by atoms with Crippen molar-refractivity contribution < 1.29 is 27.4 Å². The van der Waals surface area contributed by atoms with E-state index < -0.39 is 24.3 Å². The molecule has 0 saturated carbocycles. The van der Waals surface area contributed by atoms with E-state index in [1.165, 1.54) is 19.2 Å². The molecule has 0 radical (unpaired) electrons. The molecule has 0 atom stereocenters. The lowest BCUT2D eigenvalue weighted by atomic mass is 10.2. The van der Waals surface area contributed by atoms with Gasteiger partial charge in [0.25, 0.3) is 5.91 Å². The SMILES string of the molecule is COc1cc(C(=S)N2CCCC2)cc(Br)c1OCC(=O)Nc1cccc(C(F)(F)F)c1. The predicted octanol–water partition coefficient (Wildman–Crippen LogP) is 5.27. The number of ether oxygens (including phenoxy) is 2. The maximum Gasteiger partial charge on any atom is 0.416 e. The lowest BCUT2D eigenvalue weighted by molar-refractivity contribution is -0.137. The smallest absolute Gasteiger partial charge is 0.416 e. The highest BCUT2D eigenvalue weighted by molar-refractivity contribution is 9.10. The highest BCUT2D eigenvalue weighted by Gasteiger charge is 2.30. The van der Waals surface area contributed by atoms with Gasteiger partial charge in [-0.05, 0) is 59.1 Å². The second-order valence-corrected chi connectivity index (χ2v) is 8.15. The first kappa shape index (κ1) is 23.3. The van der Waals surface area contributed by atoms with Gasteiger partial charge in [-0.25, -0.2) is 0 Å². The van der Waals surface area contributed by atoms with Crippen LogP contribution in [0.1, 0.15) is 24.0 Å². The number of benzene rings is 2. The standard InChI is InChI=1S/C21H20BrF3N2O3S/c1-29-17-10-13(20(31)27-7-2-3-8-27)9-16(22)19(17)30-12-18(28)26-15-6-4-5-14(11-15)21(23,24)25/h4-6,9-11H,2-3,7-8,12H2,1H3,(H,26,28). The summed E-state index contributed by atoms with van der Waals surface area (Å²) in [5.41, 5.74) is -0.0256. The van der Waals surface area contributed by atoms with E-state index in [2.05, 4.69) is 26.1 Å². The van der Waals surface area contributed by atoms with Crippen LogP contribution in [-0.4, -0.2) is 42.6 Å². The van der Waals surface area contributed by atoms with Gasteiger partial charge >= 0.3 is 6.18 Å². The summed E-state index contributed by atoms with van der Waals surface area (Å²) in [6.07, 6.45) is -2.30. The summed E-state index contributed by atoms with van der Waals surface area (Å²) < 4.78 is 50.0. The number of carbonyl (C=O) groups is 1. The molecule has 5 nitrogen and oxygen atoms in total. The van der Waals surface area contributed by atoms with Crippen molar-refractivity contribution in [1.82, 2.24) is 4.90 Å². The summed E-state index contributed by atoms with van der Waals surface area (Å²) in [4.78, 5) is 15.0. The number of methoxy groups -OCH3 is 1. The van der Waals surface area contributed by atoms with Gasteiger partial charge in [-0.2, -0.15) is 13.2 Å². The highest BCUT2D eigenvalue weighted by Crippen LogP contribution is 2.37. The molecule has 1 saturated heterocycles. The minimum absolute atomic E-state index is 0.0285. The molecule has 166 valence electrons. The van der Waals surface area contributed by atoms with Crippen molar-refractivity contribution in [3.63, 3.8) is 0 Å². The minimum Gasteiger partial charge on any atom is -0.493 e. The number of halogens is 4. The van der Waals surface area contributed by atoms with E-state index in [1.807, 2.05) is 0 Å². The van der Waals surface area contributed by atoms with Crippen LogP contribution in [0, 0.1) is 0 Å². The van der Waals surface area contributed by atoms with Crippen LogP contribution in [-0.2, 0) is 11.0 Å². The molecule has 31 heavy (non-hydrogen) atoms.